The van der Waals surface area contributed by atoms with E-state index in [-0.39, 0.29) is 62.1 Å². The third kappa shape index (κ3) is 33.1. The molecule has 1 unspecified atom stereocenters. The van der Waals surface area contributed by atoms with Crippen LogP contribution in [0.15, 0.2) is 182 Å². The van der Waals surface area contributed by atoms with Gasteiger partial charge in [-0.1, -0.05) is 191 Å². The summed E-state index contributed by atoms with van der Waals surface area (Å²) in [6.45, 7) is 7.75. The number of halogens is 6. The summed E-state index contributed by atoms with van der Waals surface area (Å²) in [5.74, 6) is -1.72. The molecule has 0 fully saturated rings. The van der Waals surface area contributed by atoms with Gasteiger partial charge in [-0.05, 0) is 103 Å². The molecule has 0 amide bonds. The molecule has 8 rings (SSSR count). The van der Waals surface area contributed by atoms with Crippen LogP contribution in [0.4, 0.5) is 34.1 Å². The van der Waals surface area contributed by atoms with Crippen LogP contribution in [0.5, 0.6) is 0 Å². The molecule has 8 aromatic carbocycles. The highest BCUT2D eigenvalue weighted by Crippen LogP contribution is 2.37. The molecule has 1 atom stereocenters. The number of carbonyl (C=O) groups is 5. The molecule has 3 N–H and O–H groups in total. The summed E-state index contributed by atoms with van der Waals surface area (Å²) in [6.07, 6.45) is 2.74. The third-order valence-corrected chi connectivity index (χ3v) is 16.6. The van der Waals surface area contributed by atoms with Crippen molar-refractivity contribution in [1.82, 2.24) is 0 Å². The van der Waals surface area contributed by atoms with Gasteiger partial charge >= 0.3 is 23.9 Å². The molecule has 0 saturated carbocycles. The number of rotatable bonds is 40. The summed E-state index contributed by atoms with van der Waals surface area (Å²) in [5.41, 5.74) is 8.42. The Morgan fingerprint density at radius 3 is 1.05 bits per heavy atom. The number of ether oxygens (including phenoxy) is 11. The van der Waals surface area contributed by atoms with Crippen molar-refractivity contribution in [3.05, 3.63) is 246 Å². The monoisotopic (exact) mass is 1550 g/mol. The van der Waals surface area contributed by atoms with Gasteiger partial charge in [-0.2, -0.15) is 0 Å². The van der Waals surface area contributed by atoms with Crippen LogP contribution in [0.2, 0.25) is 30.1 Å². The standard InChI is InChI=1S/C21H25Cl2NO5.C20H22O4.C19H21Cl2NO4.C19H21Cl2NO3/c1-26-9-10-27-11-12-28-13-14-29-20(25)15-16-5-2-3-8-19(16)24-21-17(22)6-4-7-18(21)23;1-15(20(22)24-13-7-12-23-2)17-10-6-11-18(14-17)19(21)16-8-4-3-5-9-16;1-24-9-10-25-11-12-26-18(23)13-14-5-2-3-8-17(14)22-19-15(20)6-4-7-16(19)21;1-24-11-4-5-12-25-18(23)13-14-7-2-3-10-17(14)22-19-15(20)8-6-9-16(19)21/h2-8,24H,9-15H2,1H3;3-6,8-11,14-15H,7,12-13H2,1-2H3;2-8,22H,9-13H2,1H3;2-3,6-10,22H,4-5,11-13H2,1H3. The molecule has 0 spiro atoms. The van der Waals surface area contributed by atoms with Gasteiger partial charge in [0.05, 0.1) is 138 Å². The zero-order valence-electron chi connectivity index (χ0n) is 58.8. The van der Waals surface area contributed by atoms with Crippen molar-refractivity contribution >= 4 is 133 Å². The van der Waals surface area contributed by atoms with E-state index in [4.69, 9.17) is 122 Å². The van der Waals surface area contributed by atoms with E-state index in [0.29, 0.717) is 144 Å². The van der Waals surface area contributed by atoms with Gasteiger partial charge in [-0.25, -0.2) is 0 Å². The molecule has 0 heterocycles. The zero-order valence-corrected chi connectivity index (χ0v) is 63.4. The van der Waals surface area contributed by atoms with Crippen LogP contribution in [0.1, 0.15) is 70.3 Å². The van der Waals surface area contributed by atoms with Gasteiger partial charge in [0.15, 0.2) is 5.78 Å². The fourth-order valence-electron chi connectivity index (χ4n) is 9.28. The van der Waals surface area contributed by atoms with E-state index in [9.17, 15) is 24.0 Å². The van der Waals surface area contributed by atoms with Crippen molar-refractivity contribution in [3.63, 3.8) is 0 Å². The first-order chi connectivity index (χ1) is 50.5. The molecule has 8 aromatic rings. The van der Waals surface area contributed by atoms with Gasteiger partial charge in [0.25, 0.3) is 0 Å². The number of hydrogen-bond acceptors (Lipinski definition) is 19. The van der Waals surface area contributed by atoms with Gasteiger partial charge in [0, 0.05) is 76.3 Å². The number of benzene rings is 8. The first kappa shape index (κ1) is 86.8. The van der Waals surface area contributed by atoms with Gasteiger partial charge < -0.3 is 68.1 Å². The van der Waals surface area contributed by atoms with Crippen LogP contribution in [-0.2, 0) is 90.5 Å². The molecule has 0 bridgehead atoms. The van der Waals surface area contributed by atoms with Gasteiger partial charge in [-0.15, -0.1) is 0 Å². The molecule has 0 aliphatic carbocycles. The number of unbranched alkanes of at least 4 members (excludes halogenated alkanes) is 1. The van der Waals surface area contributed by atoms with Crippen molar-refractivity contribution in [2.75, 3.05) is 137 Å². The average Bonchev–Trinajstić information content (AvgIpc) is 0.856. The van der Waals surface area contributed by atoms with Crippen molar-refractivity contribution in [2.45, 2.75) is 51.4 Å². The van der Waals surface area contributed by atoms with Crippen molar-refractivity contribution < 1.29 is 76.1 Å². The normalized spacial score (nSPS) is 10.9. The minimum absolute atomic E-state index is 0.0573. The van der Waals surface area contributed by atoms with E-state index in [1.165, 1.54) is 0 Å². The lowest BCUT2D eigenvalue weighted by Gasteiger charge is -2.14. The van der Waals surface area contributed by atoms with Crippen LogP contribution < -0.4 is 16.0 Å². The molecule has 104 heavy (non-hydrogen) atoms. The highest BCUT2D eigenvalue weighted by molar-refractivity contribution is 6.40. The minimum Gasteiger partial charge on any atom is -0.465 e. The van der Waals surface area contributed by atoms with Crippen molar-refractivity contribution in [2.24, 2.45) is 0 Å². The lowest BCUT2D eigenvalue weighted by Crippen LogP contribution is -2.15. The highest BCUT2D eigenvalue weighted by atomic mass is 35.5. The predicted molar refractivity (Wildman–Crippen MR) is 412 cm³/mol. The molecule has 0 saturated heterocycles. The lowest BCUT2D eigenvalue weighted by atomic mass is 9.96. The number of carbonyl (C=O) groups excluding carboxylic acids is 5. The largest absolute Gasteiger partial charge is 0.465 e. The lowest BCUT2D eigenvalue weighted by molar-refractivity contribution is -0.146. The molecule has 0 aliphatic heterocycles. The van der Waals surface area contributed by atoms with Crippen LogP contribution >= 0.6 is 69.6 Å². The summed E-state index contributed by atoms with van der Waals surface area (Å²) in [4.78, 5) is 60.9. The summed E-state index contributed by atoms with van der Waals surface area (Å²) >= 11 is 37.2. The molecule has 558 valence electrons. The van der Waals surface area contributed by atoms with Gasteiger partial charge in [0.2, 0.25) is 0 Å². The third-order valence-electron chi connectivity index (χ3n) is 14.7. The van der Waals surface area contributed by atoms with Gasteiger partial charge in [0.1, 0.15) is 13.2 Å². The minimum atomic E-state index is -0.420. The molecular formula is C79H89Cl6N3O16. The molecular weight excluding hydrogens is 1460 g/mol. The van der Waals surface area contributed by atoms with E-state index in [0.717, 1.165) is 52.2 Å². The van der Waals surface area contributed by atoms with E-state index < -0.39 is 5.92 Å². The number of ketones is 1. The molecule has 19 nitrogen and oxygen atoms in total. The smallest absolute Gasteiger partial charge is 0.313 e. The predicted octanol–water partition coefficient (Wildman–Crippen LogP) is 17.8. The maximum Gasteiger partial charge on any atom is 0.313 e. The summed E-state index contributed by atoms with van der Waals surface area (Å²) in [5, 5.41) is 12.6. The molecule has 0 aliphatic rings. The number of esters is 4. The SMILES string of the molecule is COCCCCOC(=O)Cc1ccccc1Nc1c(Cl)cccc1Cl.COCCCOC(=O)C(C)c1cccc(C(=O)c2ccccc2)c1.COCCOCCOC(=O)Cc1ccccc1Nc1c(Cl)cccc1Cl.COCCOCCOCCOC(=O)Cc1ccccc1Nc1c(Cl)cccc1Cl. The Morgan fingerprint density at radius 1 is 0.327 bits per heavy atom. The topological polar surface area (TPSA) is 223 Å². The fourth-order valence-corrected chi connectivity index (χ4v) is 10.8. The Labute approximate surface area is 639 Å². The second kappa shape index (κ2) is 51.4. The number of hydrogen-bond donors (Lipinski definition) is 3. The Balaban J connectivity index is 0.000000250. The van der Waals surface area contributed by atoms with Crippen molar-refractivity contribution in [1.29, 1.82) is 0 Å². The zero-order chi connectivity index (χ0) is 75.1. The number of nitrogens with one attached hydrogen (secondary N) is 3. The second-order valence-corrected chi connectivity index (χ2v) is 24.9. The van der Waals surface area contributed by atoms with Crippen LogP contribution in [0.25, 0.3) is 0 Å². The first-order valence-electron chi connectivity index (χ1n) is 33.4. The van der Waals surface area contributed by atoms with E-state index in [1.54, 1.807) is 120 Å². The Bertz CT molecular complexity index is 3810. The van der Waals surface area contributed by atoms with E-state index in [2.05, 4.69) is 16.0 Å². The fraction of sp³-hybridized carbons (Fsp3) is 0.329. The molecule has 25 heteroatoms. The quantitative estimate of drug-likeness (QED) is 0.0141. The summed E-state index contributed by atoms with van der Waals surface area (Å²) < 4.78 is 56.5. The Morgan fingerprint density at radius 2 is 0.644 bits per heavy atom. The summed E-state index contributed by atoms with van der Waals surface area (Å²) in [7, 11) is 6.49. The number of methoxy groups -OCH3 is 4. The van der Waals surface area contributed by atoms with E-state index >= 15 is 0 Å². The maximum atomic E-state index is 12.5. The van der Waals surface area contributed by atoms with Crippen molar-refractivity contribution in [3.8, 4) is 0 Å². The van der Waals surface area contributed by atoms with Crippen LogP contribution in [0, 0.1) is 0 Å². The summed E-state index contributed by atoms with van der Waals surface area (Å²) in [6, 6.07) is 54.4. The van der Waals surface area contributed by atoms with Crippen LogP contribution in [0.3, 0.4) is 0 Å². The van der Waals surface area contributed by atoms with Crippen LogP contribution in [-0.4, -0.2) is 151 Å². The molecule has 0 aromatic heterocycles. The first-order valence-corrected chi connectivity index (χ1v) is 35.6. The number of anilines is 6. The average molecular weight is 1550 g/mol. The second-order valence-electron chi connectivity index (χ2n) is 22.4. The number of para-hydroxylation sites is 6. The molecule has 0 radical (unpaired) electrons. The van der Waals surface area contributed by atoms with Gasteiger partial charge in [-0.3, -0.25) is 24.0 Å². The Kier molecular flexibility index (Phi) is 42.9. The highest BCUT2D eigenvalue weighted by Gasteiger charge is 2.20. The van der Waals surface area contributed by atoms with E-state index in [1.807, 2.05) is 97.1 Å². The Hall–Kier alpha value is -7.83. The maximum absolute atomic E-state index is 12.5.